The van der Waals surface area contributed by atoms with Gasteiger partial charge in [-0.25, -0.2) is 0 Å². The minimum absolute atomic E-state index is 0.0776. The molecule has 0 saturated carbocycles. The molecule has 0 spiro atoms. The van der Waals surface area contributed by atoms with Crippen molar-refractivity contribution in [3.63, 3.8) is 0 Å². The second-order valence-corrected chi connectivity index (χ2v) is 4.69. The summed E-state index contributed by atoms with van der Waals surface area (Å²) in [4.78, 5) is 11.3. The van der Waals surface area contributed by atoms with Gasteiger partial charge < -0.3 is 15.2 Å². The zero-order valence-electron chi connectivity index (χ0n) is 10.9. The average Bonchev–Trinajstić information content (AvgIpc) is 2.21. The summed E-state index contributed by atoms with van der Waals surface area (Å²) in [6.07, 6.45) is 2.03. The summed E-state index contributed by atoms with van der Waals surface area (Å²) >= 11 is 0. The quantitative estimate of drug-likeness (QED) is 0.620. The highest BCUT2D eigenvalue weighted by Gasteiger charge is 2.25. The standard InChI is InChI=1S/C12H25NO3/c1-5-6-7-16-8-11(14)13-9-12(4,15)10(2)3/h10,15H,5-9H2,1-4H3,(H,13,14). The Hall–Kier alpha value is -0.610. The summed E-state index contributed by atoms with van der Waals surface area (Å²) in [7, 11) is 0. The van der Waals surface area contributed by atoms with E-state index in [0.29, 0.717) is 6.61 Å². The van der Waals surface area contributed by atoms with E-state index in [1.165, 1.54) is 0 Å². The van der Waals surface area contributed by atoms with Crippen LogP contribution >= 0.6 is 0 Å². The molecule has 0 rings (SSSR count). The van der Waals surface area contributed by atoms with Gasteiger partial charge in [0, 0.05) is 13.2 Å². The molecule has 0 aromatic carbocycles. The Morgan fingerprint density at radius 2 is 2.12 bits per heavy atom. The summed E-state index contributed by atoms with van der Waals surface area (Å²) in [5.74, 6) is -0.0640. The van der Waals surface area contributed by atoms with Gasteiger partial charge >= 0.3 is 0 Å². The molecule has 0 aromatic rings. The highest BCUT2D eigenvalue weighted by Crippen LogP contribution is 2.14. The number of rotatable bonds is 8. The van der Waals surface area contributed by atoms with Crippen LogP contribution in [0.3, 0.4) is 0 Å². The highest BCUT2D eigenvalue weighted by molar-refractivity contribution is 5.77. The van der Waals surface area contributed by atoms with Gasteiger partial charge in [-0.1, -0.05) is 27.2 Å². The van der Waals surface area contributed by atoms with Crippen LogP contribution in [0, 0.1) is 5.92 Å². The minimum atomic E-state index is -0.862. The molecule has 0 radical (unpaired) electrons. The van der Waals surface area contributed by atoms with Gasteiger partial charge in [0.25, 0.3) is 0 Å². The van der Waals surface area contributed by atoms with E-state index in [-0.39, 0.29) is 25.0 Å². The number of unbranched alkanes of at least 4 members (excludes halogenated alkanes) is 1. The first-order chi connectivity index (χ1) is 7.40. The third kappa shape index (κ3) is 6.80. The number of hydrogen-bond acceptors (Lipinski definition) is 3. The first kappa shape index (κ1) is 15.4. The number of aliphatic hydroxyl groups is 1. The maximum absolute atomic E-state index is 11.3. The first-order valence-corrected chi connectivity index (χ1v) is 5.97. The smallest absolute Gasteiger partial charge is 0.246 e. The Bertz CT molecular complexity index is 202. The number of amides is 1. The molecule has 16 heavy (non-hydrogen) atoms. The zero-order chi connectivity index (χ0) is 12.6. The molecule has 0 heterocycles. The van der Waals surface area contributed by atoms with Crippen LogP contribution < -0.4 is 5.32 Å². The number of hydrogen-bond donors (Lipinski definition) is 2. The highest BCUT2D eigenvalue weighted by atomic mass is 16.5. The average molecular weight is 231 g/mol. The van der Waals surface area contributed by atoms with Gasteiger partial charge in [-0.15, -0.1) is 0 Å². The fraction of sp³-hybridized carbons (Fsp3) is 0.917. The monoisotopic (exact) mass is 231 g/mol. The van der Waals surface area contributed by atoms with Gasteiger partial charge in [0.2, 0.25) is 5.91 Å². The fourth-order valence-electron chi connectivity index (χ4n) is 0.944. The first-order valence-electron chi connectivity index (χ1n) is 5.97. The molecule has 0 saturated heterocycles. The lowest BCUT2D eigenvalue weighted by Gasteiger charge is -2.27. The van der Waals surface area contributed by atoms with Crippen molar-refractivity contribution >= 4 is 5.91 Å². The van der Waals surface area contributed by atoms with E-state index < -0.39 is 5.60 Å². The van der Waals surface area contributed by atoms with Gasteiger partial charge in [-0.3, -0.25) is 4.79 Å². The van der Waals surface area contributed by atoms with Crippen LogP contribution in [0.25, 0.3) is 0 Å². The van der Waals surface area contributed by atoms with Crippen molar-refractivity contribution in [2.75, 3.05) is 19.8 Å². The van der Waals surface area contributed by atoms with E-state index in [9.17, 15) is 9.90 Å². The molecule has 96 valence electrons. The summed E-state index contributed by atoms with van der Waals surface area (Å²) in [5, 5.41) is 12.6. The Morgan fingerprint density at radius 3 is 2.62 bits per heavy atom. The number of nitrogens with one attached hydrogen (secondary N) is 1. The van der Waals surface area contributed by atoms with E-state index in [1.54, 1.807) is 6.92 Å². The number of carbonyl (C=O) groups is 1. The Morgan fingerprint density at radius 1 is 1.50 bits per heavy atom. The summed E-state index contributed by atoms with van der Waals surface area (Å²) in [6.45, 7) is 8.59. The molecular formula is C12H25NO3. The largest absolute Gasteiger partial charge is 0.388 e. The van der Waals surface area contributed by atoms with E-state index in [0.717, 1.165) is 12.8 Å². The van der Waals surface area contributed by atoms with E-state index in [4.69, 9.17) is 4.74 Å². The predicted octanol–water partition coefficient (Wildman–Crippen LogP) is 1.33. The van der Waals surface area contributed by atoms with Gasteiger partial charge in [-0.05, 0) is 19.3 Å². The fourth-order valence-corrected chi connectivity index (χ4v) is 0.944. The molecule has 0 aliphatic carbocycles. The van der Waals surface area contributed by atoms with Crippen LogP contribution in [0.1, 0.15) is 40.5 Å². The zero-order valence-corrected chi connectivity index (χ0v) is 10.9. The van der Waals surface area contributed by atoms with Crippen molar-refractivity contribution < 1.29 is 14.6 Å². The topological polar surface area (TPSA) is 58.6 Å². The predicted molar refractivity (Wildman–Crippen MR) is 64.2 cm³/mol. The normalized spacial score (nSPS) is 14.9. The van der Waals surface area contributed by atoms with Crippen molar-refractivity contribution in [1.29, 1.82) is 0 Å². The molecule has 4 heteroatoms. The molecule has 4 nitrogen and oxygen atoms in total. The van der Waals surface area contributed by atoms with Crippen LogP contribution in [0.15, 0.2) is 0 Å². The second-order valence-electron chi connectivity index (χ2n) is 4.69. The molecule has 2 N–H and O–H groups in total. The van der Waals surface area contributed by atoms with Gasteiger partial charge in [0.05, 0.1) is 5.60 Å². The Labute approximate surface area is 98.4 Å². The maximum Gasteiger partial charge on any atom is 0.246 e. The van der Waals surface area contributed by atoms with Crippen LogP contribution in [-0.4, -0.2) is 36.4 Å². The molecule has 1 amide bonds. The molecule has 0 aliphatic rings. The molecule has 0 fully saturated rings. The third-order valence-electron chi connectivity index (χ3n) is 2.76. The van der Waals surface area contributed by atoms with Crippen molar-refractivity contribution in [2.24, 2.45) is 5.92 Å². The molecular weight excluding hydrogens is 206 g/mol. The van der Waals surface area contributed by atoms with Crippen LogP contribution in [0.5, 0.6) is 0 Å². The molecule has 0 aliphatic heterocycles. The van der Waals surface area contributed by atoms with Crippen molar-refractivity contribution in [1.82, 2.24) is 5.32 Å². The lowest BCUT2D eigenvalue weighted by molar-refractivity contribution is -0.127. The summed E-state index contributed by atoms with van der Waals surface area (Å²) in [6, 6.07) is 0. The molecule has 1 unspecified atom stereocenters. The van der Waals surface area contributed by atoms with Crippen molar-refractivity contribution in [3.8, 4) is 0 Å². The maximum atomic E-state index is 11.3. The van der Waals surface area contributed by atoms with Gasteiger partial charge in [0.1, 0.15) is 6.61 Å². The number of ether oxygens (including phenoxy) is 1. The molecule has 0 bridgehead atoms. The third-order valence-corrected chi connectivity index (χ3v) is 2.76. The van der Waals surface area contributed by atoms with E-state index in [1.807, 2.05) is 13.8 Å². The molecule has 1 atom stereocenters. The summed E-state index contributed by atoms with van der Waals surface area (Å²) < 4.78 is 5.17. The SMILES string of the molecule is CCCCOCC(=O)NCC(C)(O)C(C)C. The van der Waals surface area contributed by atoms with Gasteiger partial charge in [0.15, 0.2) is 0 Å². The minimum Gasteiger partial charge on any atom is -0.388 e. The Kier molecular flexibility index (Phi) is 7.34. The van der Waals surface area contributed by atoms with E-state index in [2.05, 4.69) is 12.2 Å². The second kappa shape index (κ2) is 7.63. The lowest BCUT2D eigenvalue weighted by Crippen LogP contribution is -2.45. The van der Waals surface area contributed by atoms with Crippen molar-refractivity contribution in [3.05, 3.63) is 0 Å². The summed E-state index contributed by atoms with van der Waals surface area (Å²) in [5.41, 5.74) is -0.862. The van der Waals surface area contributed by atoms with Crippen LogP contribution in [0.4, 0.5) is 0 Å². The lowest BCUT2D eigenvalue weighted by atomic mass is 9.93. The van der Waals surface area contributed by atoms with Gasteiger partial charge in [-0.2, -0.15) is 0 Å². The number of carbonyl (C=O) groups excluding carboxylic acids is 1. The van der Waals surface area contributed by atoms with Crippen molar-refractivity contribution in [2.45, 2.75) is 46.1 Å². The van der Waals surface area contributed by atoms with E-state index >= 15 is 0 Å². The van der Waals surface area contributed by atoms with Crippen LogP contribution in [-0.2, 0) is 9.53 Å². The Balaban J connectivity index is 3.65. The molecule has 0 aromatic heterocycles. The van der Waals surface area contributed by atoms with Crippen LogP contribution in [0.2, 0.25) is 0 Å².